The summed E-state index contributed by atoms with van der Waals surface area (Å²) in [6.07, 6.45) is 1.53. The lowest BCUT2D eigenvalue weighted by molar-refractivity contribution is -0.384. The van der Waals surface area contributed by atoms with Crippen molar-refractivity contribution in [2.45, 2.75) is 19.9 Å². The SMILES string of the molecule is Cc1cnc(C(C)Nc2cc(F)c(Cl)cc2[N+](=O)[O-])o1. The van der Waals surface area contributed by atoms with Crippen LogP contribution < -0.4 is 5.32 Å². The van der Waals surface area contributed by atoms with Crippen molar-refractivity contribution in [3.8, 4) is 0 Å². The maximum atomic E-state index is 13.4. The van der Waals surface area contributed by atoms with Crippen molar-refractivity contribution in [3.63, 3.8) is 0 Å². The zero-order valence-electron chi connectivity index (χ0n) is 10.7. The molecule has 20 heavy (non-hydrogen) atoms. The fourth-order valence-corrected chi connectivity index (χ4v) is 1.83. The molecule has 0 radical (unpaired) electrons. The van der Waals surface area contributed by atoms with Crippen molar-refractivity contribution in [1.29, 1.82) is 0 Å². The van der Waals surface area contributed by atoms with E-state index in [1.807, 2.05) is 0 Å². The van der Waals surface area contributed by atoms with Crippen molar-refractivity contribution in [2.75, 3.05) is 5.32 Å². The van der Waals surface area contributed by atoms with E-state index in [0.717, 1.165) is 12.1 Å². The van der Waals surface area contributed by atoms with E-state index >= 15 is 0 Å². The first-order chi connectivity index (χ1) is 9.38. The Bertz CT molecular complexity index is 659. The van der Waals surface area contributed by atoms with E-state index in [0.29, 0.717) is 11.7 Å². The third kappa shape index (κ3) is 2.88. The molecule has 0 bridgehead atoms. The zero-order valence-corrected chi connectivity index (χ0v) is 11.4. The summed E-state index contributed by atoms with van der Waals surface area (Å²) in [5.41, 5.74) is -0.299. The maximum Gasteiger partial charge on any atom is 0.294 e. The number of aryl methyl sites for hydroxylation is 1. The van der Waals surface area contributed by atoms with Crippen LogP contribution in [0.25, 0.3) is 0 Å². The summed E-state index contributed by atoms with van der Waals surface area (Å²) in [4.78, 5) is 14.3. The molecule has 1 N–H and O–H groups in total. The van der Waals surface area contributed by atoms with Gasteiger partial charge in [-0.2, -0.15) is 0 Å². The fourth-order valence-electron chi connectivity index (χ4n) is 1.67. The highest BCUT2D eigenvalue weighted by Crippen LogP contribution is 2.32. The minimum atomic E-state index is -0.740. The molecule has 106 valence electrons. The number of hydrogen-bond donors (Lipinski definition) is 1. The Morgan fingerprint density at radius 2 is 2.25 bits per heavy atom. The molecule has 8 heteroatoms. The number of rotatable bonds is 4. The highest BCUT2D eigenvalue weighted by molar-refractivity contribution is 6.31. The molecule has 0 amide bonds. The van der Waals surface area contributed by atoms with Crippen LogP contribution in [0, 0.1) is 22.9 Å². The van der Waals surface area contributed by atoms with Gasteiger partial charge in [0.15, 0.2) is 0 Å². The lowest BCUT2D eigenvalue weighted by atomic mass is 10.2. The number of nitro groups is 1. The molecule has 1 atom stereocenters. The van der Waals surface area contributed by atoms with E-state index in [2.05, 4.69) is 10.3 Å². The standard InChI is InChI=1S/C12H11ClFN3O3/c1-6-5-15-12(20-6)7(2)16-10-4-9(14)8(13)3-11(10)17(18)19/h3-5,7,16H,1-2H3. The van der Waals surface area contributed by atoms with Gasteiger partial charge in [-0.3, -0.25) is 10.1 Å². The first kappa shape index (κ1) is 14.3. The molecule has 0 aliphatic rings. The Morgan fingerprint density at radius 3 is 2.80 bits per heavy atom. The lowest BCUT2D eigenvalue weighted by Crippen LogP contribution is -2.09. The molecule has 6 nitrogen and oxygen atoms in total. The topological polar surface area (TPSA) is 81.2 Å². The Morgan fingerprint density at radius 1 is 1.55 bits per heavy atom. The molecule has 1 aromatic heterocycles. The van der Waals surface area contributed by atoms with Crippen molar-refractivity contribution in [2.24, 2.45) is 0 Å². The minimum absolute atomic E-state index is 0.0141. The molecular weight excluding hydrogens is 289 g/mol. The highest BCUT2D eigenvalue weighted by Gasteiger charge is 2.21. The summed E-state index contributed by atoms with van der Waals surface area (Å²) in [5.74, 6) is 0.230. The number of nitro benzene ring substituents is 1. The van der Waals surface area contributed by atoms with Gasteiger partial charge >= 0.3 is 0 Å². The maximum absolute atomic E-state index is 13.4. The largest absolute Gasteiger partial charge is 0.444 e. The minimum Gasteiger partial charge on any atom is -0.444 e. The van der Waals surface area contributed by atoms with Crippen LogP contribution in [0.2, 0.25) is 5.02 Å². The van der Waals surface area contributed by atoms with Gasteiger partial charge in [-0.15, -0.1) is 0 Å². The van der Waals surface area contributed by atoms with Crippen LogP contribution in [0.5, 0.6) is 0 Å². The van der Waals surface area contributed by atoms with E-state index in [9.17, 15) is 14.5 Å². The van der Waals surface area contributed by atoms with Gasteiger partial charge in [0.2, 0.25) is 5.89 Å². The number of benzene rings is 1. The average Bonchev–Trinajstić information content (AvgIpc) is 2.80. The summed E-state index contributed by atoms with van der Waals surface area (Å²) in [6.45, 7) is 3.43. The molecule has 1 heterocycles. The number of hydrogen-bond acceptors (Lipinski definition) is 5. The van der Waals surface area contributed by atoms with E-state index < -0.39 is 16.8 Å². The van der Waals surface area contributed by atoms with Gasteiger partial charge in [-0.05, 0) is 13.8 Å². The summed E-state index contributed by atoms with van der Waals surface area (Å²) in [7, 11) is 0. The van der Waals surface area contributed by atoms with Crippen LogP contribution in [0.15, 0.2) is 22.7 Å². The van der Waals surface area contributed by atoms with Gasteiger partial charge in [-0.25, -0.2) is 9.37 Å². The van der Waals surface area contributed by atoms with Crippen LogP contribution in [-0.4, -0.2) is 9.91 Å². The Balaban J connectivity index is 2.33. The third-order valence-electron chi connectivity index (χ3n) is 2.62. The predicted molar refractivity (Wildman–Crippen MR) is 71.3 cm³/mol. The Labute approximate surface area is 118 Å². The van der Waals surface area contributed by atoms with E-state index in [1.165, 1.54) is 6.20 Å². The molecule has 0 aliphatic heterocycles. The molecule has 2 aromatic rings. The highest BCUT2D eigenvalue weighted by atomic mass is 35.5. The molecular formula is C12H11ClFN3O3. The average molecular weight is 300 g/mol. The smallest absolute Gasteiger partial charge is 0.294 e. The number of nitrogens with zero attached hydrogens (tertiary/aromatic N) is 2. The molecule has 2 rings (SSSR count). The van der Waals surface area contributed by atoms with Gasteiger partial charge in [0, 0.05) is 12.1 Å². The third-order valence-corrected chi connectivity index (χ3v) is 2.91. The van der Waals surface area contributed by atoms with Crippen LogP contribution in [0.4, 0.5) is 15.8 Å². The Kier molecular flexibility index (Phi) is 3.89. The summed E-state index contributed by atoms with van der Waals surface area (Å²) in [6, 6.07) is 1.49. The van der Waals surface area contributed by atoms with Gasteiger partial charge < -0.3 is 9.73 Å². The molecule has 0 fully saturated rings. The summed E-state index contributed by atoms with van der Waals surface area (Å²) < 4.78 is 18.8. The second-order valence-corrected chi connectivity index (χ2v) is 4.62. The van der Waals surface area contributed by atoms with Crippen molar-refractivity contribution < 1.29 is 13.7 Å². The molecule has 0 aliphatic carbocycles. The fraction of sp³-hybridized carbons (Fsp3) is 0.250. The summed E-state index contributed by atoms with van der Waals surface area (Å²) >= 11 is 5.55. The normalized spacial score (nSPS) is 12.2. The van der Waals surface area contributed by atoms with Crippen molar-refractivity contribution in [1.82, 2.24) is 4.98 Å². The quantitative estimate of drug-likeness (QED) is 0.685. The molecule has 0 saturated heterocycles. The second-order valence-electron chi connectivity index (χ2n) is 4.22. The van der Waals surface area contributed by atoms with E-state index in [-0.39, 0.29) is 16.4 Å². The van der Waals surface area contributed by atoms with Crippen molar-refractivity contribution in [3.05, 3.63) is 50.9 Å². The number of oxazole rings is 1. The van der Waals surface area contributed by atoms with Crippen LogP contribution in [0.1, 0.15) is 24.6 Å². The number of nitrogens with one attached hydrogen (secondary N) is 1. The number of aromatic nitrogens is 1. The number of halogens is 2. The monoisotopic (exact) mass is 299 g/mol. The van der Waals surface area contributed by atoms with Gasteiger partial charge in [0.05, 0.1) is 16.1 Å². The van der Waals surface area contributed by atoms with Crippen LogP contribution in [-0.2, 0) is 0 Å². The van der Waals surface area contributed by atoms with Gasteiger partial charge in [0.25, 0.3) is 5.69 Å². The predicted octanol–water partition coefficient (Wildman–Crippen LogP) is 3.86. The first-order valence-corrected chi connectivity index (χ1v) is 6.08. The van der Waals surface area contributed by atoms with Gasteiger partial charge in [0.1, 0.15) is 23.3 Å². The van der Waals surface area contributed by atoms with Gasteiger partial charge in [-0.1, -0.05) is 11.6 Å². The molecule has 1 unspecified atom stereocenters. The number of anilines is 1. The second kappa shape index (κ2) is 5.46. The first-order valence-electron chi connectivity index (χ1n) is 5.70. The molecule has 1 aromatic carbocycles. The Hall–Kier alpha value is -2.15. The van der Waals surface area contributed by atoms with Crippen molar-refractivity contribution >= 4 is 23.0 Å². The zero-order chi connectivity index (χ0) is 14.9. The molecule has 0 saturated carbocycles. The molecule has 0 spiro atoms. The van der Waals surface area contributed by atoms with Crippen LogP contribution >= 0.6 is 11.6 Å². The summed E-state index contributed by atoms with van der Waals surface area (Å²) in [5, 5.41) is 13.4. The van der Waals surface area contributed by atoms with E-state index in [4.69, 9.17) is 16.0 Å². The van der Waals surface area contributed by atoms with E-state index in [1.54, 1.807) is 13.8 Å². The van der Waals surface area contributed by atoms with Crippen LogP contribution in [0.3, 0.4) is 0 Å². The lowest BCUT2D eigenvalue weighted by Gasteiger charge is -2.12.